The molecule has 0 aliphatic carbocycles. The summed E-state index contributed by atoms with van der Waals surface area (Å²) in [5, 5.41) is 0. The van der Waals surface area contributed by atoms with Crippen LogP contribution in [-0.4, -0.2) is 63.4 Å². The van der Waals surface area contributed by atoms with Crippen molar-refractivity contribution in [1.82, 2.24) is 13.9 Å². The maximum atomic E-state index is 11.9. The lowest BCUT2D eigenvalue weighted by molar-refractivity contribution is 0.250. The molecule has 0 aromatic carbocycles. The quantitative estimate of drug-likeness (QED) is 0.683. The minimum Gasteiger partial charge on any atom is -0.330 e. The summed E-state index contributed by atoms with van der Waals surface area (Å²) in [5.74, 6) is 0.460. The average molecular weight is 278 g/mol. The molecule has 108 valence electrons. The van der Waals surface area contributed by atoms with Crippen molar-refractivity contribution in [2.45, 2.75) is 20.3 Å². The van der Waals surface area contributed by atoms with Crippen molar-refractivity contribution < 1.29 is 8.42 Å². The van der Waals surface area contributed by atoms with Crippen LogP contribution in [0.2, 0.25) is 0 Å². The lowest BCUT2D eigenvalue weighted by Crippen LogP contribution is -2.43. The first-order chi connectivity index (χ1) is 8.49. The van der Waals surface area contributed by atoms with Crippen molar-refractivity contribution in [3.05, 3.63) is 0 Å². The van der Waals surface area contributed by atoms with Gasteiger partial charge in [-0.25, -0.2) is 4.72 Å². The third kappa shape index (κ3) is 4.81. The van der Waals surface area contributed by atoms with Crippen molar-refractivity contribution in [2.75, 3.05) is 45.8 Å². The molecule has 18 heavy (non-hydrogen) atoms. The van der Waals surface area contributed by atoms with Gasteiger partial charge in [-0.3, -0.25) is 0 Å². The van der Waals surface area contributed by atoms with Gasteiger partial charge in [0.25, 0.3) is 10.2 Å². The molecule has 1 saturated heterocycles. The van der Waals surface area contributed by atoms with Gasteiger partial charge in [-0.15, -0.1) is 0 Å². The molecule has 1 heterocycles. The van der Waals surface area contributed by atoms with Gasteiger partial charge in [0.2, 0.25) is 0 Å². The Balaban J connectivity index is 2.51. The Labute approximate surface area is 111 Å². The third-order valence-corrected chi connectivity index (χ3v) is 4.88. The molecule has 1 atom stereocenters. The van der Waals surface area contributed by atoms with Crippen LogP contribution in [0.3, 0.4) is 0 Å². The molecule has 1 unspecified atom stereocenters. The lowest BCUT2D eigenvalue weighted by atomic mass is 10.1. The van der Waals surface area contributed by atoms with Gasteiger partial charge >= 0.3 is 0 Å². The minimum absolute atomic E-state index is 0.437. The second kappa shape index (κ2) is 7.40. The van der Waals surface area contributed by atoms with Gasteiger partial charge in [-0.1, -0.05) is 13.8 Å². The molecule has 1 fully saturated rings. The smallest absolute Gasteiger partial charge is 0.279 e. The van der Waals surface area contributed by atoms with E-state index in [0.717, 1.165) is 26.1 Å². The number of rotatable bonds is 6. The number of nitrogens with two attached hydrogens (primary N) is 1. The van der Waals surface area contributed by atoms with Crippen LogP contribution >= 0.6 is 0 Å². The van der Waals surface area contributed by atoms with Crippen molar-refractivity contribution >= 4 is 10.2 Å². The second-order valence-corrected chi connectivity index (χ2v) is 6.65. The topological polar surface area (TPSA) is 78.7 Å². The van der Waals surface area contributed by atoms with Crippen LogP contribution in [0.5, 0.6) is 0 Å². The zero-order chi connectivity index (χ0) is 13.6. The highest BCUT2D eigenvalue weighted by Crippen LogP contribution is 2.08. The van der Waals surface area contributed by atoms with E-state index in [2.05, 4.69) is 16.5 Å². The summed E-state index contributed by atoms with van der Waals surface area (Å²) >= 11 is 0. The molecule has 0 bridgehead atoms. The van der Waals surface area contributed by atoms with Crippen LogP contribution in [0.4, 0.5) is 0 Å². The highest BCUT2D eigenvalue weighted by atomic mass is 32.2. The molecule has 0 saturated carbocycles. The molecule has 0 radical (unpaired) electrons. The molecule has 0 aromatic rings. The average Bonchev–Trinajstić information content (AvgIpc) is 2.55. The van der Waals surface area contributed by atoms with Gasteiger partial charge in [0.05, 0.1) is 0 Å². The van der Waals surface area contributed by atoms with E-state index in [4.69, 9.17) is 5.73 Å². The summed E-state index contributed by atoms with van der Waals surface area (Å²) in [6.07, 6.45) is 0.877. The number of nitrogens with one attached hydrogen (secondary N) is 1. The highest BCUT2D eigenvalue weighted by molar-refractivity contribution is 7.87. The fourth-order valence-electron chi connectivity index (χ4n) is 2.16. The Morgan fingerprint density at radius 1 is 1.28 bits per heavy atom. The predicted molar refractivity (Wildman–Crippen MR) is 73.4 cm³/mol. The van der Waals surface area contributed by atoms with Crippen molar-refractivity contribution in [1.29, 1.82) is 0 Å². The predicted octanol–water partition coefficient (Wildman–Crippen LogP) is -0.557. The van der Waals surface area contributed by atoms with E-state index < -0.39 is 10.2 Å². The van der Waals surface area contributed by atoms with Crippen LogP contribution in [0.25, 0.3) is 0 Å². The second-order valence-electron chi connectivity index (χ2n) is 4.90. The Kier molecular flexibility index (Phi) is 6.51. The summed E-state index contributed by atoms with van der Waals surface area (Å²) in [7, 11) is -3.28. The Hall–Kier alpha value is -0.210. The molecular weight excluding hydrogens is 252 g/mol. The summed E-state index contributed by atoms with van der Waals surface area (Å²) in [4.78, 5) is 2.30. The van der Waals surface area contributed by atoms with Crippen LogP contribution in [0.1, 0.15) is 20.3 Å². The molecule has 3 N–H and O–H groups in total. The van der Waals surface area contributed by atoms with Gasteiger partial charge in [-0.2, -0.15) is 12.7 Å². The van der Waals surface area contributed by atoms with Crippen molar-refractivity contribution in [3.8, 4) is 0 Å². The summed E-state index contributed by atoms with van der Waals surface area (Å²) < 4.78 is 27.9. The Bertz CT molecular complexity index is 334. The van der Waals surface area contributed by atoms with Crippen LogP contribution < -0.4 is 10.5 Å². The molecule has 0 spiro atoms. The summed E-state index contributed by atoms with van der Waals surface area (Å²) in [5.41, 5.74) is 5.62. The molecule has 0 aromatic heterocycles. The number of nitrogens with zero attached hydrogens (tertiary/aromatic N) is 2. The number of hydrogen-bond donors (Lipinski definition) is 2. The zero-order valence-electron chi connectivity index (χ0n) is 11.4. The van der Waals surface area contributed by atoms with Crippen LogP contribution in [-0.2, 0) is 10.2 Å². The maximum absolute atomic E-state index is 11.9. The first-order valence-electron chi connectivity index (χ1n) is 6.66. The van der Waals surface area contributed by atoms with E-state index in [9.17, 15) is 8.42 Å². The van der Waals surface area contributed by atoms with Crippen LogP contribution in [0, 0.1) is 5.92 Å². The lowest BCUT2D eigenvalue weighted by Gasteiger charge is -2.23. The van der Waals surface area contributed by atoms with Crippen molar-refractivity contribution in [3.63, 3.8) is 0 Å². The SMILES string of the molecule is CCNS(=O)(=O)N1CCCN(CC(C)CN)CC1. The van der Waals surface area contributed by atoms with E-state index in [0.29, 0.717) is 32.1 Å². The summed E-state index contributed by atoms with van der Waals surface area (Å²) in [6.45, 7) is 8.88. The van der Waals surface area contributed by atoms with Crippen molar-refractivity contribution in [2.24, 2.45) is 11.7 Å². The molecule has 1 aliphatic rings. The molecule has 1 rings (SSSR count). The molecule has 0 amide bonds. The normalized spacial score (nSPS) is 21.7. The van der Waals surface area contributed by atoms with Gasteiger partial charge in [0.1, 0.15) is 0 Å². The molecule has 7 heteroatoms. The fraction of sp³-hybridized carbons (Fsp3) is 1.00. The maximum Gasteiger partial charge on any atom is 0.279 e. The molecular formula is C11H26N4O2S. The van der Waals surface area contributed by atoms with Gasteiger partial charge in [-0.05, 0) is 25.4 Å². The van der Waals surface area contributed by atoms with E-state index in [1.165, 1.54) is 0 Å². The van der Waals surface area contributed by atoms with Gasteiger partial charge < -0.3 is 10.6 Å². The van der Waals surface area contributed by atoms with E-state index in [1.807, 2.05) is 0 Å². The first kappa shape index (κ1) is 15.8. The third-order valence-electron chi connectivity index (χ3n) is 3.19. The molecule has 6 nitrogen and oxygen atoms in total. The summed E-state index contributed by atoms with van der Waals surface area (Å²) in [6, 6.07) is 0. The Morgan fingerprint density at radius 2 is 2.00 bits per heavy atom. The first-order valence-corrected chi connectivity index (χ1v) is 8.10. The van der Waals surface area contributed by atoms with Gasteiger partial charge in [0, 0.05) is 32.7 Å². The monoisotopic (exact) mass is 278 g/mol. The largest absolute Gasteiger partial charge is 0.330 e. The van der Waals surface area contributed by atoms with E-state index >= 15 is 0 Å². The standard InChI is InChI=1S/C11H26N4O2S/c1-3-13-18(16,17)15-6-4-5-14(7-8-15)10-11(2)9-12/h11,13H,3-10,12H2,1-2H3. The van der Waals surface area contributed by atoms with Gasteiger partial charge in [0.15, 0.2) is 0 Å². The Morgan fingerprint density at radius 3 is 2.61 bits per heavy atom. The highest BCUT2D eigenvalue weighted by Gasteiger charge is 2.24. The van der Waals surface area contributed by atoms with E-state index in [-0.39, 0.29) is 0 Å². The van der Waals surface area contributed by atoms with E-state index in [1.54, 1.807) is 11.2 Å². The minimum atomic E-state index is -3.28. The zero-order valence-corrected chi connectivity index (χ0v) is 12.2. The van der Waals surface area contributed by atoms with Crippen LogP contribution in [0.15, 0.2) is 0 Å². The fourth-order valence-corrected chi connectivity index (χ4v) is 3.40. The molecule has 1 aliphatic heterocycles. The number of hydrogen-bond acceptors (Lipinski definition) is 4.